The van der Waals surface area contributed by atoms with E-state index in [0.29, 0.717) is 32.6 Å². The van der Waals surface area contributed by atoms with E-state index in [4.69, 9.17) is 0 Å². The molecule has 2 aromatic carbocycles. The third kappa shape index (κ3) is 5.62. The summed E-state index contributed by atoms with van der Waals surface area (Å²) in [7, 11) is 0. The van der Waals surface area contributed by atoms with Crippen molar-refractivity contribution in [2.24, 2.45) is 5.92 Å². The summed E-state index contributed by atoms with van der Waals surface area (Å²) in [4.78, 5) is 28.0. The molecule has 1 saturated heterocycles. The molecular formula is C24H29F2N3O3. The van der Waals surface area contributed by atoms with E-state index < -0.39 is 18.0 Å². The predicted octanol–water partition coefficient (Wildman–Crippen LogP) is 3.88. The number of hydrogen-bond donors (Lipinski definition) is 2. The lowest BCUT2D eigenvalue weighted by atomic mass is 9.96. The number of carboxylic acids is 1. The van der Waals surface area contributed by atoms with E-state index in [1.165, 1.54) is 24.3 Å². The van der Waals surface area contributed by atoms with E-state index in [9.17, 15) is 23.5 Å². The highest BCUT2D eigenvalue weighted by Gasteiger charge is 2.31. The van der Waals surface area contributed by atoms with Crippen molar-refractivity contribution in [1.82, 2.24) is 15.1 Å². The molecule has 0 radical (unpaired) electrons. The number of nitrogens with zero attached hydrogens (tertiary/aromatic N) is 2. The second-order valence-corrected chi connectivity index (χ2v) is 8.18. The molecule has 32 heavy (non-hydrogen) atoms. The Hall–Kier alpha value is -3.00. The first-order valence-corrected chi connectivity index (χ1v) is 10.8. The second kappa shape index (κ2) is 10.5. The summed E-state index contributed by atoms with van der Waals surface area (Å²) in [5, 5.41) is 12.1. The minimum atomic E-state index is -1.04. The molecule has 1 fully saturated rings. The van der Waals surface area contributed by atoms with Crippen LogP contribution in [0.2, 0.25) is 0 Å². The Morgan fingerprint density at radius 2 is 1.41 bits per heavy atom. The fourth-order valence-corrected chi connectivity index (χ4v) is 3.99. The average molecular weight is 446 g/mol. The zero-order valence-corrected chi connectivity index (χ0v) is 18.3. The summed E-state index contributed by atoms with van der Waals surface area (Å²) in [6, 6.07) is 10.9. The molecule has 1 aliphatic rings. The van der Waals surface area contributed by atoms with E-state index in [2.05, 4.69) is 10.2 Å². The van der Waals surface area contributed by atoms with Gasteiger partial charge in [-0.25, -0.2) is 18.4 Å². The van der Waals surface area contributed by atoms with Gasteiger partial charge in [0, 0.05) is 26.2 Å². The molecule has 8 heteroatoms. The van der Waals surface area contributed by atoms with Crippen LogP contribution in [0.5, 0.6) is 0 Å². The number of urea groups is 1. The number of halogens is 2. The van der Waals surface area contributed by atoms with Gasteiger partial charge >= 0.3 is 12.0 Å². The first-order chi connectivity index (χ1) is 15.3. The van der Waals surface area contributed by atoms with Crippen molar-refractivity contribution in [3.8, 4) is 0 Å². The highest BCUT2D eigenvalue weighted by molar-refractivity contribution is 5.82. The molecule has 0 aromatic heterocycles. The summed E-state index contributed by atoms with van der Waals surface area (Å²) in [5.74, 6) is -1.89. The van der Waals surface area contributed by atoms with Gasteiger partial charge in [-0.3, -0.25) is 4.90 Å². The van der Waals surface area contributed by atoms with Crippen LogP contribution in [0.1, 0.15) is 37.4 Å². The Labute approximate surface area is 186 Å². The Morgan fingerprint density at radius 3 is 1.81 bits per heavy atom. The molecule has 0 aliphatic carbocycles. The summed E-state index contributed by atoms with van der Waals surface area (Å²) < 4.78 is 27.0. The van der Waals surface area contributed by atoms with Gasteiger partial charge in [0.05, 0.1) is 6.04 Å². The van der Waals surface area contributed by atoms with Crippen LogP contribution >= 0.6 is 0 Å². The zero-order valence-electron chi connectivity index (χ0n) is 18.3. The maximum absolute atomic E-state index is 13.5. The number of hydrogen-bond acceptors (Lipinski definition) is 3. The van der Waals surface area contributed by atoms with Gasteiger partial charge in [0.15, 0.2) is 0 Å². The van der Waals surface area contributed by atoms with Gasteiger partial charge in [-0.1, -0.05) is 44.5 Å². The van der Waals surface area contributed by atoms with Crippen molar-refractivity contribution in [3.05, 3.63) is 71.3 Å². The van der Waals surface area contributed by atoms with E-state index in [1.807, 2.05) is 6.92 Å². The summed E-state index contributed by atoms with van der Waals surface area (Å²) >= 11 is 0. The molecule has 1 heterocycles. The lowest BCUT2D eigenvalue weighted by Gasteiger charge is -2.40. The maximum atomic E-state index is 13.5. The standard InChI is InChI=1S/C24H29F2N3O3/c1-3-16(2)21(23(30)31)27-24(32)29-14-12-28(13-15-29)22(17-4-8-19(25)9-5-17)18-6-10-20(26)11-7-18/h4-11,16,21-22H,3,12-15H2,1-2H3,(H,27,32)(H,30,31)/t16-,21-/m0/s1. The minimum Gasteiger partial charge on any atom is -0.480 e. The first-order valence-electron chi connectivity index (χ1n) is 10.8. The van der Waals surface area contributed by atoms with E-state index in [1.54, 1.807) is 36.1 Å². The third-order valence-corrected chi connectivity index (χ3v) is 6.10. The molecule has 172 valence electrons. The third-order valence-electron chi connectivity index (χ3n) is 6.10. The Balaban J connectivity index is 1.72. The lowest BCUT2D eigenvalue weighted by Crippen LogP contribution is -2.56. The fourth-order valence-electron chi connectivity index (χ4n) is 3.99. The number of benzene rings is 2. The molecule has 1 aliphatic heterocycles. The number of carbonyl (C=O) groups excluding carboxylic acids is 1. The average Bonchev–Trinajstić information content (AvgIpc) is 2.79. The van der Waals surface area contributed by atoms with Crippen LogP contribution in [0, 0.1) is 17.6 Å². The van der Waals surface area contributed by atoms with Gasteiger partial charge in [-0.15, -0.1) is 0 Å². The topological polar surface area (TPSA) is 72.9 Å². The van der Waals surface area contributed by atoms with E-state index in [0.717, 1.165) is 11.1 Å². The highest BCUT2D eigenvalue weighted by atomic mass is 19.1. The number of carbonyl (C=O) groups is 2. The summed E-state index contributed by atoms with van der Waals surface area (Å²) in [6.45, 7) is 5.58. The number of carboxylic acid groups (broad SMARTS) is 1. The van der Waals surface area contributed by atoms with Gasteiger partial charge in [-0.2, -0.15) is 0 Å². The number of amides is 2. The number of nitrogens with one attached hydrogen (secondary N) is 1. The monoisotopic (exact) mass is 445 g/mol. The largest absolute Gasteiger partial charge is 0.480 e. The Morgan fingerprint density at radius 1 is 0.938 bits per heavy atom. The molecule has 0 saturated carbocycles. The number of aliphatic carboxylic acids is 1. The van der Waals surface area contributed by atoms with Crippen molar-refractivity contribution in [2.75, 3.05) is 26.2 Å². The summed E-state index contributed by atoms with van der Waals surface area (Å²) in [5.41, 5.74) is 1.75. The van der Waals surface area contributed by atoms with Gasteiger partial charge < -0.3 is 15.3 Å². The lowest BCUT2D eigenvalue weighted by molar-refractivity contribution is -0.140. The molecule has 2 amide bonds. The molecule has 0 unspecified atom stereocenters. The fraction of sp³-hybridized carbons (Fsp3) is 0.417. The van der Waals surface area contributed by atoms with Gasteiger partial charge in [0.1, 0.15) is 17.7 Å². The highest BCUT2D eigenvalue weighted by Crippen LogP contribution is 2.30. The smallest absolute Gasteiger partial charge is 0.326 e. The normalized spacial score (nSPS) is 16.6. The quantitative estimate of drug-likeness (QED) is 0.679. The molecule has 2 atom stereocenters. The van der Waals surface area contributed by atoms with Crippen LogP contribution in [0.15, 0.2) is 48.5 Å². The molecule has 3 rings (SSSR count). The van der Waals surface area contributed by atoms with Gasteiger partial charge in [-0.05, 0) is 41.3 Å². The van der Waals surface area contributed by atoms with E-state index >= 15 is 0 Å². The van der Waals surface area contributed by atoms with Crippen molar-refractivity contribution >= 4 is 12.0 Å². The Bertz CT molecular complexity index is 868. The maximum Gasteiger partial charge on any atom is 0.326 e. The van der Waals surface area contributed by atoms with Gasteiger partial charge in [0.25, 0.3) is 0 Å². The number of rotatable bonds is 7. The SMILES string of the molecule is CC[C@H](C)[C@H](NC(=O)N1CCN(C(c2ccc(F)cc2)c2ccc(F)cc2)CC1)C(=O)O. The molecular weight excluding hydrogens is 416 g/mol. The predicted molar refractivity (Wildman–Crippen MR) is 117 cm³/mol. The first kappa shape index (κ1) is 23.7. The van der Waals surface area contributed by atoms with Crippen molar-refractivity contribution < 1.29 is 23.5 Å². The van der Waals surface area contributed by atoms with Crippen LogP contribution in [-0.4, -0.2) is 59.1 Å². The second-order valence-electron chi connectivity index (χ2n) is 8.18. The van der Waals surface area contributed by atoms with Crippen molar-refractivity contribution in [3.63, 3.8) is 0 Å². The minimum absolute atomic E-state index is 0.181. The van der Waals surface area contributed by atoms with Crippen LogP contribution in [0.4, 0.5) is 13.6 Å². The molecule has 2 aromatic rings. The molecule has 2 N–H and O–H groups in total. The van der Waals surface area contributed by atoms with Crippen LogP contribution in [-0.2, 0) is 4.79 Å². The van der Waals surface area contributed by atoms with Crippen LogP contribution in [0.25, 0.3) is 0 Å². The molecule has 0 spiro atoms. The van der Waals surface area contributed by atoms with Crippen molar-refractivity contribution in [1.29, 1.82) is 0 Å². The summed E-state index contributed by atoms with van der Waals surface area (Å²) in [6.07, 6.45) is 0.641. The molecule has 0 bridgehead atoms. The zero-order chi connectivity index (χ0) is 23.3. The van der Waals surface area contributed by atoms with Crippen molar-refractivity contribution in [2.45, 2.75) is 32.4 Å². The van der Waals surface area contributed by atoms with Gasteiger partial charge in [0.2, 0.25) is 0 Å². The van der Waals surface area contributed by atoms with E-state index in [-0.39, 0.29) is 23.6 Å². The van der Waals surface area contributed by atoms with Crippen LogP contribution < -0.4 is 5.32 Å². The molecule has 6 nitrogen and oxygen atoms in total. The number of piperazine rings is 1. The Kier molecular flexibility index (Phi) is 7.80. The van der Waals surface area contributed by atoms with Crippen LogP contribution in [0.3, 0.4) is 0 Å².